The largest absolute Gasteiger partial charge is 0.459 e. The van der Waals surface area contributed by atoms with Crippen LogP contribution in [0.3, 0.4) is 0 Å². The van der Waals surface area contributed by atoms with Crippen molar-refractivity contribution in [2.45, 2.75) is 39.2 Å². The van der Waals surface area contributed by atoms with Crippen molar-refractivity contribution in [1.82, 2.24) is 5.32 Å². The number of aryl methyl sites for hydroxylation is 1. The van der Waals surface area contributed by atoms with Crippen LogP contribution in [0.1, 0.15) is 43.6 Å². The maximum atomic E-state index is 6.10. The van der Waals surface area contributed by atoms with E-state index >= 15 is 0 Å². The number of hydrogen-bond donors (Lipinski definition) is 1. The fraction of sp³-hybridized carbons (Fsp3) is 0.500. The van der Waals surface area contributed by atoms with Gasteiger partial charge in [0.15, 0.2) is 0 Å². The normalized spacial score (nSPS) is 17.2. The second kappa shape index (κ2) is 4.77. The topological polar surface area (TPSA) is 25.2 Å². The van der Waals surface area contributed by atoms with Gasteiger partial charge in [-0.2, -0.15) is 0 Å². The fourth-order valence-corrected chi connectivity index (χ4v) is 2.61. The molecule has 1 atom stereocenters. The van der Waals surface area contributed by atoms with E-state index in [1.165, 1.54) is 30.2 Å². The van der Waals surface area contributed by atoms with E-state index in [-0.39, 0.29) is 0 Å². The highest BCUT2D eigenvalue weighted by Gasteiger charge is 2.34. The Kier molecular flexibility index (Phi) is 3.13. The molecule has 2 aromatic rings. The molecule has 2 nitrogen and oxygen atoms in total. The van der Waals surface area contributed by atoms with Crippen molar-refractivity contribution in [2.24, 2.45) is 5.92 Å². The minimum absolute atomic E-state index is 0.414. The second-order valence-corrected chi connectivity index (χ2v) is 5.41. The van der Waals surface area contributed by atoms with E-state index in [1.54, 1.807) is 0 Å². The minimum atomic E-state index is 0.414. The van der Waals surface area contributed by atoms with Gasteiger partial charge in [0, 0.05) is 5.39 Å². The Morgan fingerprint density at radius 3 is 2.89 bits per heavy atom. The molecule has 0 aliphatic heterocycles. The molecule has 1 fully saturated rings. The van der Waals surface area contributed by atoms with E-state index in [2.05, 4.69) is 43.4 Å². The molecule has 0 saturated heterocycles. The van der Waals surface area contributed by atoms with E-state index in [0.29, 0.717) is 6.04 Å². The molecule has 1 aliphatic rings. The highest BCUT2D eigenvalue weighted by atomic mass is 16.3. The van der Waals surface area contributed by atoms with Crippen molar-refractivity contribution < 1.29 is 4.42 Å². The van der Waals surface area contributed by atoms with Gasteiger partial charge >= 0.3 is 0 Å². The summed E-state index contributed by atoms with van der Waals surface area (Å²) in [6.45, 7) is 5.39. The lowest BCUT2D eigenvalue weighted by molar-refractivity contribution is 0.396. The van der Waals surface area contributed by atoms with Gasteiger partial charge in [-0.1, -0.05) is 25.1 Å². The summed E-state index contributed by atoms with van der Waals surface area (Å²) >= 11 is 0. The molecule has 0 bridgehead atoms. The molecule has 2 heteroatoms. The Balaban J connectivity index is 1.93. The summed E-state index contributed by atoms with van der Waals surface area (Å²) in [6.07, 6.45) is 3.83. The van der Waals surface area contributed by atoms with Crippen LogP contribution in [0.5, 0.6) is 0 Å². The molecule has 3 rings (SSSR count). The van der Waals surface area contributed by atoms with Crippen molar-refractivity contribution in [1.29, 1.82) is 0 Å². The van der Waals surface area contributed by atoms with E-state index < -0.39 is 0 Å². The summed E-state index contributed by atoms with van der Waals surface area (Å²) in [5.74, 6) is 1.90. The van der Waals surface area contributed by atoms with Gasteiger partial charge in [-0.05, 0) is 50.3 Å². The Bertz CT molecular complexity index is 539. The van der Waals surface area contributed by atoms with Gasteiger partial charge in [0.25, 0.3) is 0 Å². The third-order valence-electron chi connectivity index (χ3n) is 3.77. The summed E-state index contributed by atoms with van der Waals surface area (Å²) in [5.41, 5.74) is 2.28. The standard InChI is InChI=1S/C16H21NO/c1-3-9-17-15(12-7-8-12)14-10-13-6-4-5-11(2)16(13)18-14/h4-6,10,12,15,17H,3,7-9H2,1-2H3. The molecular formula is C16H21NO. The highest BCUT2D eigenvalue weighted by molar-refractivity contribution is 5.81. The third kappa shape index (κ3) is 2.17. The predicted octanol–water partition coefficient (Wildman–Crippen LogP) is 4.19. The molecule has 1 saturated carbocycles. The zero-order chi connectivity index (χ0) is 12.5. The predicted molar refractivity (Wildman–Crippen MR) is 74.7 cm³/mol. The van der Waals surface area contributed by atoms with Crippen LogP contribution in [-0.4, -0.2) is 6.54 Å². The average Bonchev–Trinajstić information content (AvgIpc) is 3.09. The Hall–Kier alpha value is -1.28. The second-order valence-electron chi connectivity index (χ2n) is 5.41. The first-order valence-electron chi connectivity index (χ1n) is 7.02. The molecule has 1 aromatic carbocycles. The number of nitrogens with one attached hydrogen (secondary N) is 1. The van der Waals surface area contributed by atoms with Crippen LogP contribution in [0, 0.1) is 12.8 Å². The van der Waals surface area contributed by atoms with E-state index in [4.69, 9.17) is 4.42 Å². The monoisotopic (exact) mass is 243 g/mol. The van der Waals surface area contributed by atoms with E-state index in [1.807, 2.05) is 0 Å². The summed E-state index contributed by atoms with van der Waals surface area (Å²) in [5, 5.41) is 4.86. The molecule has 0 amide bonds. The number of hydrogen-bond acceptors (Lipinski definition) is 2. The van der Waals surface area contributed by atoms with Gasteiger partial charge in [0.1, 0.15) is 11.3 Å². The maximum Gasteiger partial charge on any atom is 0.137 e. The summed E-state index contributed by atoms with van der Waals surface area (Å²) < 4.78 is 6.10. The lowest BCUT2D eigenvalue weighted by Crippen LogP contribution is -2.23. The summed E-state index contributed by atoms with van der Waals surface area (Å²) in [6, 6.07) is 8.98. The maximum absolute atomic E-state index is 6.10. The molecule has 0 spiro atoms. The smallest absolute Gasteiger partial charge is 0.137 e. The molecule has 1 aromatic heterocycles. The molecule has 0 radical (unpaired) electrons. The number of para-hydroxylation sites is 1. The van der Waals surface area contributed by atoms with Gasteiger partial charge in [0.2, 0.25) is 0 Å². The van der Waals surface area contributed by atoms with Gasteiger partial charge in [0.05, 0.1) is 6.04 Å². The fourth-order valence-electron chi connectivity index (χ4n) is 2.61. The van der Waals surface area contributed by atoms with E-state index in [9.17, 15) is 0 Å². The molecule has 18 heavy (non-hydrogen) atoms. The molecule has 1 heterocycles. The molecule has 1 unspecified atom stereocenters. The average molecular weight is 243 g/mol. The quantitative estimate of drug-likeness (QED) is 0.851. The zero-order valence-electron chi connectivity index (χ0n) is 11.2. The lowest BCUT2D eigenvalue weighted by Gasteiger charge is -2.14. The molecule has 1 N–H and O–H groups in total. The number of rotatable bonds is 5. The van der Waals surface area contributed by atoms with Crippen molar-refractivity contribution >= 4 is 11.0 Å². The van der Waals surface area contributed by atoms with Crippen LogP contribution < -0.4 is 5.32 Å². The number of fused-ring (bicyclic) bond motifs is 1. The number of benzene rings is 1. The van der Waals surface area contributed by atoms with Crippen molar-refractivity contribution in [2.75, 3.05) is 6.54 Å². The Morgan fingerprint density at radius 1 is 1.39 bits per heavy atom. The van der Waals surface area contributed by atoms with Crippen LogP contribution in [0.4, 0.5) is 0 Å². The Morgan fingerprint density at radius 2 is 2.22 bits per heavy atom. The minimum Gasteiger partial charge on any atom is -0.459 e. The summed E-state index contributed by atoms with van der Waals surface area (Å²) in [4.78, 5) is 0. The molecule has 1 aliphatic carbocycles. The van der Waals surface area contributed by atoms with E-state index in [0.717, 1.165) is 23.8 Å². The summed E-state index contributed by atoms with van der Waals surface area (Å²) in [7, 11) is 0. The van der Waals surface area contributed by atoms with Gasteiger partial charge in [-0.25, -0.2) is 0 Å². The molecule has 96 valence electrons. The lowest BCUT2D eigenvalue weighted by atomic mass is 10.1. The number of furan rings is 1. The first-order valence-corrected chi connectivity index (χ1v) is 7.02. The van der Waals surface area contributed by atoms with Crippen molar-refractivity contribution in [3.63, 3.8) is 0 Å². The van der Waals surface area contributed by atoms with Crippen molar-refractivity contribution in [3.05, 3.63) is 35.6 Å². The van der Waals surface area contributed by atoms with Gasteiger partial charge < -0.3 is 9.73 Å². The first kappa shape index (κ1) is 11.8. The van der Waals surface area contributed by atoms with Crippen LogP contribution in [0.25, 0.3) is 11.0 Å². The van der Waals surface area contributed by atoms with Crippen LogP contribution in [0.2, 0.25) is 0 Å². The SMILES string of the molecule is CCCNC(c1cc2cccc(C)c2o1)C1CC1. The first-order chi connectivity index (χ1) is 8.79. The Labute approximate surface area is 108 Å². The van der Waals surface area contributed by atoms with Crippen LogP contribution >= 0.6 is 0 Å². The highest BCUT2D eigenvalue weighted by Crippen LogP contribution is 2.42. The molecular weight excluding hydrogens is 222 g/mol. The zero-order valence-corrected chi connectivity index (χ0v) is 11.2. The third-order valence-corrected chi connectivity index (χ3v) is 3.77. The van der Waals surface area contributed by atoms with Crippen LogP contribution in [-0.2, 0) is 0 Å². The van der Waals surface area contributed by atoms with Crippen LogP contribution in [0.15, 0.2) is 28.7 Å². The van der Waals surface area contributed by atoms with Gasteiger partial charge in [-0.15, -0.1) is 0 Å². The van der Waals surface area contributed by atoms with Gasteiger partial charge in [-0.3, -0.25) is 0 Å². The van der Waals surface area contributed by atoms with Crippen molar-refractivity contribution in [3.8, 4) is 0 Å².